The van der Waals surface area contributed by atoms with Crippen molar-refractivity contribution in [2.75, 3.05) is 7.11 Å². The molecule has 108 valence electrons. The molecule has 0 amide bonds. The van der Waals surface area contributed by atoms with Crippen molar-refractivity contribution in [2.45, 2.75) is 38.7 Å². The van der Waals surface area contributed by atoms with Gasteiger partial charge in [0.25, 0.3) is 0 Å². The van der Waals surface area contributed by atoms with Crippen LogP contribution in [0.2, 0.25) is 0 Å². The average Bonchev–Trinajstić information content (AvgIpc) is 2.69. The Bertz CT molecular complexity index is 513. The Morgan fingerprint density at radius 3 is 2.75 bits per heavy atom. The Morgan fingerprint density at radius 2 is 2.10 bits per heavy atom. The Kier molecular flexibility index (Phi) is 4.12. The second-order valence-electron chi connectivity index (χ2n) is 5.42. The molecule has 0 aromatic heterocycles. The third kappa shape index (κ3) is 2.69. The minimum absolute atomic E-state index is 0.0519. The number of esters is 2. The number of rotatable bonds is 4. The predicted octanol–water partition coefficient (Wildman–Crippen LogP) is 2.70. The van der Waals surface area contributed by atoms with E-state index in [9.17, 15) is 9.59 Å². The normalized spacial score (nSPS) is 25.3. The van der Waals surface area contributed by atoms with Crippen molar-refractivity contribution >= 4 is 11.9 Å². The lowest BCUT2D eigenvalue weighted by Crippen LogP contribution is -2.23. The summed E-state index contributed by atoms with van der Waals surface area (Å²) in [7, 11) is 1.38. The van der Waals surface area contributed by atoms with E-state index < -0.39 is 0 Å². The van der Waals surface area contributed by atoms with E-state index >= 15 is 0 Å². The first kappa shape index (κ1) is 14.6. The molecule has 0 bridgehead atoms. The predicted molar refractivity (Wildman–Crippen MR) is 74.8 cm³/mol. The first-order valence-electron chi connectivity index (χ1n) is 6.77. The van der Waals surface area contributed by atoms with Gasteiger partial charge in [0.15, 0.2) is 0 Å². The third-order valence-corrected chi connectivity index (χ3v) is 4.15. The largest absolute Gasteiger partial charge is 0.469 e. The van der Waals surface area contributed by atoms with Crippen LogP contribution >= 0.6 is 0 Å². The summed E-state index contributed by atoms with van der Waals surface area (Å²) < 4.78 is 9.96. The Balaban J connectivity index is 2.06. The summed E-state index contributed by atoms with van der Waals surface area (Å²) in [5.74, 6) is -0.466. The summed E-state index contributed by atoms with van der Waals surface area (Å²) in [4.78, 5) is 22.8. The third-order valence-electron chi connectivity index (χ3n) is 4.15. The second kappa shape index (κ2) is 5.65. The fourth-order valence-corrected chi connectivity index (χ4v) is 2.88. The summed E-state index contributed by atoms with van der Waals surface area (Å²) in [5.41, 5.74) is 3.83. The molecule has 1 aliphatic heterocycles. The van der Waals surface area contributed by atoms with E-state index in [4.69, 9.17) is 4.74 Å². The maximum Gasteiger partial charge on any atom is 0.334 e. The first-order chi connectivity index (χ1) is 9.43. The summed E-state index contributed by atoms with van der Waals surface area (Å²) in [6.07, 6.45) is 2.28. The fraction of sp³-hybridized carbons (Fsp3) is 0.500. The molecule has 20 heavy (non-hydrogen) atoms. The van der Waals surface area contributed by atoms with Crippen molar-refractivity contribution in [3.05, 3.63) is 35.5 Å². The van der Waals surface area contributed by atoms with Gasteiger partial charge >= 0.3 is 11.9 Å². The molecule has 0 spiro atoms. The van der Waals surface area contributed by atoms with Crippen LogP contribution in [0.4, 0.5) is 0 Å². The van der Waals surface area contributed by atoms with Crippen LogP contribution in [-0.4, -0.2) is 25.2 Å². The molecule has 0 saturated carbocycles. The van der Waals surface area contributed by atoms with Gasteiger partial charge in [-0.05, 0) is 25.3 Å². The van der Waals surface area contributed by atoms with Gasteiger partial charge in [-0.15, -0.1) is 0 Å². The van der Waals surface area contributed by atoms with E-state index in [1.807, 2.05) is 6.92 Å². The maximum absolute atomic E-state index is 11.6. The molecule has 0 aromatic carbocycles. The lowest BCUT2D eigenvalue weighted by atomic mass is 9.77. The van der Waals surface area contributed by atoms with Gasteiger partial charge in [0.1, 0.15) is 6.10 Å². The van der Waals surface area contributed by atoms with Crippen molar-refractivity contribution in [3.63, 3.8) is 0 Å². The lowest BCUT2D eigenvalue weighted by Gasteiger charge is -2.28. The van der Waals surface area contributed by atoms with E-state index in [1.165, 1.54) is 12.7 Å². The van der Waals surface area contributed by atoms with E-state index in [2.05, 4.69) is 17.9 Å². The Labute approximate surface area is 119 Å². The molecule has 1 aliphatic carbocycles. The first-order valence-corrected chi connectivity index (χ1v) is 6.77. The van der Waals surface area contributed by atoms with Crippen LogP contribution in [0, 0.1) is 5.92 Å². The lowest BCUT2D eigenvalue weighted by molar-refractivity contribution is -0.141. The van der Waals surface area contributed by atoms with Gasteiger partial charge in [-0.2, -0.15) is 0 Å². The van der Waals surface area contributed by atoms with Gasteiger partial charge in [-0.3, -0.25) is 4.79 Å². The summed E-state index contributed by atoms with van der Waals surface area (Å²) in [6, 6.07) is 0. The Hall–Kier alpha value is -1.84. The van der Waals surface area contributed by atoms with Crippen LogP contribution < -0.4 is 0 Å². The second-order valence-corrected chi connectivity index (χ2v) is 5.42. The standard InChI is InChI=1S/C16H20O4/c1-9(5-6-15(17)19-4)12-8-13-11(3)16(18)20-14(13)7-10(12)2/h13-14H,1,3,5-8H2,2,4H3. The van der Waals surface area contributed by atoms with Crippen LogP contribution in [-0.2, 0) is 19.1 Å². The molecule has 1 saturated heterocycles. The number of carbonyl (C=O) groups excluding carboxylic acids is 2. The van der Waals surface area contributed by atoms with E-state index in [0.29, 0.717) is 18.4 Å². The molecular weight excluding hydrogens is 256 g/mol. The molecule has 0 N–H and O–H groups in total. The smallest absolute Gasteiger partial charge is 0.334 e. The zero-order chi connectivity index (χ0) is 14.9. The average molecular weight is 276 g/mol. The van der Waals surface area contributed by atoms with Crippen LogP contribution in [0.1, 0.15) is 32.6 Å². The number of hydrogen-bond donors (Lipinski definition) is 0. The zero-order valence-corrected chi connectivity index (χ0v) is 12.0. The topological polar surface area (TPSA) is 52.6 Å². The van der Waals surface area contributed by atoms with Crippen molar-refractivity contribution in [1.29, 1.82) is 0 Å². The fourth-order valence-electron chi connectivity index (χ4n) is 2.88. The van der Waals surface area contributed by atoms with Gasteiger partial charge in [-0.1, -0.05) is 24.3 Å². The SMILES string of the molecule is C=C(CCC(=O)OC)C1=C(C)CC2OC(=O)C(=C)C2C1. The van der Waals surface area contributed by atoms with Gasteiger partial charge < -0.3 is 9.47 Å². The van der Waals surface area contributed by atoms with Crippen molar-refractivity contribution in [1.82, 2.24) is 0 Å². The minimum atomic E-state index is -0.283. The van der Waals surface area contributed by atoms with Crippen LogP contribution in [0.5, 0.6) is 0 Å². The van der Waals surface area contributed by atoms with E-state index in [1.54, 1.807) is 0 Å². The molecule has 0 radical (unpaired) electrons. The molecule has 4 nitrogen and oxygen atoms in total. The molecule has 2 unspecified atom stereocenters. The molecule has 4 heteroatoms. The van der Waals surface area contributed by atoms with Crippen LogP contribution in [0.3, 0.4) is 0 Å². The number of allylic oxidation sites excluding steroid dienone is 2. The van der Waals surface area contributed by atoms with Crippen molar-refractivity contribution < 1.29 is 19.1 Å². The molecular formula is C16H20O4. The highest BCUT2D eigenvalue weighted by molar-refractivity contribution is 5.91. The van der Waals surface area contributed by atoms with Gasteiger partial charge in [0.2, 0.25) is 0 Å². The van der Waals surface area contributed by atoms with E-state index in [-0.39, 0.29) is 24.0 Å². The number of fused-ring (bicyclic) bond motifs is 1. The van der Waals surface area contributed by atoms with Crippen LogP contribution in [0.15, 0.2) is 35.5 Å². The van der Waals surface area contributed by atoms with Gasteiger partial charge in [0.05, 0.1) is 7.11 Å². The van der Waals surface area contributed by atoms with Gasteiger partial charge in [-0.25, -0.2) is 4.79 Å². The van der Waals surface area contributed by atoms with Crippen molar-refractivity contribution in [3.8, 4) is 0 Å². The molecule has 1 heterocycles. The zero-order valence-electron chi connectivity index (χ0n) is 12.0. The van der Waals surface area contributed by atoms with Gasteiger partial charge in [0, 0.05) is 24.3 Å². The highest BCUT2D eigenvalue weighted by atomic mass is 16.6. The number of methoxy groups -OCH3 is 1. The van der Waals surface area contributed by atoms with Crippen molar-refractivity contribution in [2.24, 2.45) is 5.92 Å². The molecule has 0 aromatic rings. The quantitative estimate of drug-likeness (QED) is 0.585. The molecule has 2 atom stereocenters. The number of ether oxygens (including phenoxy) is 2. The monoisotopic (exact) mass is 276 g/mol. The summed E-state index contributed by atoms with van der Waals surface area (Å²) >= 11 is 0. The van der Waals surface area contributed by atoms with E-state index in [0.717, 1.165) is 24.0 Å². The number of carbonyl (C=O) groups is 2. The molecule has 1 fully saturated rings. The molecule has 2 rings (SSSR count). The summed E-state index contributed by atoms with van der Waals surface area (Å²) in [6.45, 7) is 9.93. The maximum atomic E-state index is 11.6. The number of hydrogen-bond acceptors (Lipinski definition) is 4. The highest BCUT2D eigenvalue weighted by Gasteiger charge is 2.41. The molecule has 2 aliphatic rings. The Morgan fingerprint density at radius 1 is 1.40 bits per heavy atom. The highest BCUT2D eigenvalue weighted by Crippen LogP contribution is 2.42. The minimum Gasteiger partial charge on any atom is -0.469 e. The van der Waals surface area contributed by atoms with Crippen LogP contribution in [0.25, 0.3) is 0 Å². The summed E-state index contributed by atoms with van der Waals surface area (Å²) in [5, 5.41) is 0.